The predicted molar refractivity (Wildman–Crippen MR) is 66.1 cm³/mol. The van der Waals surface area contributed by atoms with Crippen molar-refractivity contribution < 1.29 is 9.53 Å². The van der Waals surface area contributed by atoms with Gasteiger partial charge in [0.15, 0.2) is 5.16 Å². The number of ether oxygens (including phenoxy) is 1. The van der Waals surface area contributed by atoms with Gasteiger partial charge in [0.25, 0.3) is 0 Å². The zero-order chi connectivity index (χ0) is 11.8. The number of aromatic amines is 1. The molecule has 17 heavy (non-hydrogen) atoms. The Morgan fingerprint density at radius 3 is 3.18 bits per heavy atom. The first-order chi connectivity index (χ1) is 8.22. The number of hydrogen-bond donors (Lipinski definition) is 1. The zero-order valence-corrected chi connectivity index (χ0v) is 10.2. The van der Waals surface area contributed by atoms with Gasteiger partial charge in [-0.05, 0) is 24.6 Å². The Kier molecular flexibility index (Phi) is 2.55. The van der Waals surface area contributed by atoms with Crippen LogP contribution in [-0.4, -0.2) is 27.8 Å². The van der Waals surface area contributed by atoms with Crippen LogP contribution in [0.25, 0.3) is 11.0 Å². The van der Waals surface area contributed by atoms with E-state index in [0.29, 0.717) is 6.61 Å². The minimum Gasteiger partial charge on any atom is -0.465 e. The normalized spacial score (nSPS) is 19.8. The van der Waals surface area contributed by atoms with E-state index in [1.807, 2.05) is 19.1 Å². The number of cyclic esters (lactones) is 1. The van der Waals surface area contributed by atoms with E-state index in [2.05, 4.69) is 16.0 Å². The van der Waals surface area contributed by atoms with Crippen LogP contribution in [-0.2, 0) is 9.53 Å². The first-order valence-corrected chi connectivity index (χ1v) is 6.40. The molecule has 1 atom stereocenters. The zero-order valence-electron chi connectivity index (χ0n) is 9.40. The Morgan fingerprint density at radius 2 is 2.41 bits per heavy atom. The third-order valence-corrected chi connectivity index (χ3v) is 3.89. The van der Waals surface area contributed by atoms with Crippen LogP contribution < -0.4 is 0 Å². The van der Waals surface area contributed by atoms with Crippen molar-refractivity contribution in [2.45, 2.75) is 23.8 Å². The number of rotatable bonds is 2. The van der Waals surface area contributed by atoms with Gasteiger partial charge < -0.3 is 9.72 Å². The van der Waals surface area contributed by atoms with E-state index >= 15 is 0 Å². The average molecular weight is 248 g/mol. The highest BCUT2D eigenvalue weighted by Crippen LogP contribution is 2.29. The summed E-state index contributed by atoms with van der Waals surface area (Å²) in [4.78, 5) is 19.0. The van der Waals surface area contributed by atoms with Crippen LogP contribution >= 0.6 is 11.8 Å². The first-order valence-electron chi connectivity index (χ1n) is 5.52. The molecule has 1 fully saturated rings. The Morgan fingerprint density at radius 1 is 1.53 bits per heavy atom. The molecule has 0 saturated carbocycles. The van der Waals surface area contributed by atoms with Gasteiger partial charge in [-0.2, -0.15) is 0 Å². The van der Waals surface area contributed by atoms with Crippen LogP contribution in [0, 0.1) is 6.92 Å². The summed E-state index contributed by atoms with van der Waals surface area (Å²) in [7, 11) is 0. The van der Waals surface area contributed by atoms with Crippen molar-refractivity contribution >= 4 is 28.8 Å². The molecule has 0 radical (unpaired) electrons. The lowest BCUT2D eigenvalue weighted by molar-refractivity contribution is -0.137. The molecule has 0 amide bonds. The molecule has 1 N–H and O–H groups in total. The molecule has 88 valence electrons. The number of carbonyl (C=O) groups is 1. The fraction of sp³-hybridized carbons (Fsp3) is 0.333. The number of H-pyrrole nitrogens is 1. The van der Waals surface area contributed by atoms with Crippen LogP contribution in [0.4, 0.5) is 0 Å². The number of aryl methyl sites for hydroxylation is 1. The lowest BCUT2D eigenvalue weighted by Gasteiger charge is -2.00. The number of thioether (sulfide) groups is 1. The number of hydrogen-bond acceptors (Lipinski definition) is 4. The van der Waals surface area contributed by atoms with Crippen molar-refractivity contribution in [2.24, 2.45) is 0 Å². The van der Waals surface area contributed by atoms with Crippen LogP contribution in [0.3, 0.4) is 0 Å². The molecule has 0 spiro atoms. The SMILES string of the molecule is Cc1ccc2nc(S[C@H]3CCOC3=O)[nH]c2c1. The van der Waals surface area contributed by atoms with E-state index in [9.17, 15) is 4.79 Å². The molecule has 3 rings (SSSR count). The van der Waals surface area contributed by atoms with Gasteiger partial charge in [0.05, 0.1) is 17.6 Å². The summed E-state index contributed by atoms with van der Waals surface area (Å²) in [5.41, 5.74) is 3.14. The largest absolute Gasteiger partial charge is 0.465 e. The van der Waals surface area contributed by atoms with E-state index in [0.717, 1.165) is 22.6 Å². The van der Waals surface area contributed by atoms with Crippen LogP contribution in [0.1, 0.15) is 12.0 Å². The molecule has 1 aromatic carbocycles. The second-order valence-electron chi connectivity index (χ2n) is 4.13. The number of nitrogens with one attached hydrogen (secondary N) is 1. The Hall–Kier alpha value is -1.49. The highest BCUT2D eigenvalue weighted by Gasteiger charge is 2.28. The topological polar surface area (TPSA) is 55.0 Å². The summed E-state index contributed by atoms with van der Waals surface area (Å²) in [6, 6.07) is 6.07. The van der Waals surface area contributed by atoms with Crippen molar-refractivity contribution in [3.8, 4) is 0 Å². The maximum Gasteiger partial charge on any atom is 0.319 e. The molecular weight excluding hydrogens is 236 g/mol. The summed E-state index contributed by atoms with van der Waals surface area (Å²) in [6.07, 6.45) is 0.763. The fourth-order valence-corrected chi connectivity index (χ4v) is 2.84. The highest BCUT2D eigenvalue weighted by atomic mass is 32.2. The lowest BCUT2D eigenvalue weighted by atomic mass is 10.2. The summed E-state index contributed by atoms with van der Waals surface area (Å²) >= 11 is 1.45. The van der Waals surface area contributed by atoms with Gasteiger partial charge in [0.2, 0.25) is 0 Å². The number of aromatic nitrogens is 2. The molecule has 5 heteroatoms. The van der Waals surface area contributed by atoms with Gasteiger partial charge in [0.1, 0.15) is 5.25 Å². The van der Waals surface area contributed by atoms with Crippen LogP contribution in [0.2, 0.25) is 0 Å². The molecule has 1 saturated heterocycles. The third kappa shape index (κ3) is 2.02. The quantitative estimate of drug-likeness (QED) is 0.828. The number of fused-ring (bicyclic) bond motifs is 1. The van der Waals surface area contributed by atoms with E-state index in [1.165, 1.54) is 17.3 Å². The lowest BCUT2D eigenvalue weighted by Crippen LogP contribution is -2.09. The highest BCUT2D eigenvalue weighted by molar-refractivity contribution is 8.00. The molecular formula is C12H12N2O2S. The van der Waals surface area contributed by atoms with Crippen LogP contribution in [0.15, 0.2) is 23.4 Å². The predicted octanol–water partition coefficient (Wildman–Crippen LogP) is 2.28. The van der Waals surface area contributed by atoms with Gasteiger partial charge in [-0.15, -0.1) is 0 Å². The number of benzene rings is 1. The minimum absolute atomic E-state index is 0.114. The second kappa shape index (κ2) is 4.07. The maximum atomic E-state index is 11.4. The molecule has 0 aliphatic carbocycles. The van der Waals surface area contributed by atoms with E-state index in [-0.39, 0.29) is 11.2 Å². The van der Waals surface area contributed by atoms with Crippen molar-refractivity contribution in [1.29, 1.82) is 0 Å². The Bertz CT molecular complexity index is 579. The molecule has 1 aliphatic heterocycles. The molecule has 0 unspecified atom stereocenters. The summed E-state index contributed by atoms with van der Waals surface area (Å²) in [6.45, 7) is 2.57. The molecule has 4 nitrogen and oxygen atoms in total. The van der Waals surface area contributed by atoms with E-state index in [4.69, 9.17) is 4.74 Å². The summed E-state index contributed by atoms with van der Waals surface area (Å²) in [5.74, 6) is -0.133. The van der Waals surface area contributed by atoms with Crippen molar-refractivity contribution in [2.75, 3.05) is 6.61 Å². The van der Waals surface area contributed by atoms with Crippen LogP contribution in [0.5, 0.6) is 0 Å². The van der Waals surface area contributed by atoms with Gasteiger partial charge in [-0.3, -0.25) is 4.79 Å². The summed E-state index contributed by atoms with van der Waals surface area (Å²) in [5, 5.41) is 0.672. The van der Waals surface area contributed by atoms with Crippen molar-refractivity contribution in [3.05, 3.63) is 23.8 Å². The molecule has 1 aliphatic rings. The maximum absolute atomic E-state index is 11.4. The van der Waals surface area contributed by atoms with Gasteiger partial charge in [-0.1, -0.05) is 17.8 Å². The Balaban J connectivity index is 1.88. The standard InChI is InChI=1S/C12H12N2O2S/c1-7-2-3-8-9(6-7)14-12(13-8)17-10-4-5-16-11(10)15/h2-3,6,10H,4-5H2,1H3,(H,13,14)/t10-/m0/s1. The summed E-state index contributed by atoms with van der Waals surface area (Å²) < 4.78 is 4.93. The number of esters is 1. The average Bonchev–Trinajstić information content (AvgIpc) is 2.85. The number of nitrogens with zero attached hydrogens (tertiary/aromatic N) is 1. The monoisotopic (exact) mass is 248 g/mol. The van der Waals surface area contributed by atoms with Gasteiger partial charge in [-0.25, -0.2) is 4.98 Å². The molecule has 2 aromatic rings. The van der Waals surface area contributed by atoms with Crippen molar-refractivity contribution in [3.63, 3.8) is 0 Å². The van der Waals surface area contributed by atoms with Crippen molar-refractivity contribution in [1.82, 2.24) is 9.97 Å². The molecule has 2 heterocycles. The number of imidazole rings is 1. The third-order valence-electron chi connectivity index (χ3n) is 2.76. The fourth-order valence-electron chi connectivity index (χ4n) is 1.88. The smallest absolute Gasteiger partial charge is 0.319 e. The first kappa shape index (κ1) is 10.7. The second-order valence-corrected chi connectivity index (χ2v) is 5.32. The minimum atomic E-state index is -0.133. The van der Waals surface area contributed by atoms with Gasteiger partial charge in [0, 0.05) is 6.42 Å². The number of carbonyl (C=O) groups excluding carboxylic acids is 1. The molecule has 1 aromatic heterocycles. The van der Waals surface area contributed by atoms with E-state index < -0.39 is 0 Å². The molecule has 0 bridgehead atoms. The van der Waals surface area contributed by atoms with Gasteiger partial charge >= 0.3 is 5.97 Å². The Labute approximate surface area is 103 Å². The van der Waals surface area contributed by atoms with E-state index in [1.54, 1.807) is 0 Å².